The predicted octanol–water partition coefficient (Wildman–Crippen LogP) is 3.64. The maximum Gasteiger partial charge on any atom is 0.279 e. The van der Waals surface area contributed by atoms with Crippen LogP contribution in [0.25, 0.3) is 0 Å². The number of nitrogens with zero attached hydrogens (tertiary/aromatic N) is 3. The average molecular weight is 470 g/mol. The first-order chi connectivity index (χ1) is 17.1. The lowest BCUT2D eigenvalue weighted by molar-refractivity contribution is 0.0941. The third kappa shape index (κ3) is 6.17. The Balaban J connectivity index is 1.40. The highest BCUT2D eigenvalue weighted by Gasteiger charge is 2.16. The van der Waals surface area contributed by atoms with Crippen LogP contribution in [-0.4, -0.2) is 33.9 Å². The van der Waals surface area contributed by atoms with Crippen molar-refractivity contribution in [3.8, 4) is 11.5 Å². The van der Waals surface area contributed by atoms with E-state index in [1.807, 2.05) is 30.3 Å². The fourth-order valence-corrected chi connectivity index (χ4v) is 3.23. The summed E-state index contributed by atoms with van der Waals surface area (Å²) in [5.74, 6) is 0.228. The minimum atomic E-state index is -0.458. The van der Waals surface area contributed by atoms with E-state index in [2.05, 4.69) is 25.6 Å². The van der Waals surface area contributed by atoms with Crippen LogP contribution in [0.1, 0.15) is 32.1 Å². The van der Waals surface area contributed by atoms with Crippen molar-refractivity contribution in [3.05, 3.63) is 108 Å². The van der Waals surface area contributed by atoms with Crippen molar-refractivity contribution in [1.82, 2.24) is 20.3 Å². The van der Waals surface area contributed by atoms with Gasteiger partial charge in [-0.25, -0.2) is 15.0 Å². The van der Waals surface area contributed by atoms with Gasteiger partial charge in [-0.1, -0.05) is 30.3 Å². The first kappa shape index (κ1) is 23.4. The van der Waals surface area contributed by atoms with Crippen LogP contribution in [0.5, 0.6) is 11.5 Å². The van der Waals surface area contributed by atoms with Gasteiger partial charge in [-0.15, -0.1) is 0 Å². The molecule has 3 heterocycles. The molecular weight excluding hydrogens is 446 g/mol. The van der Waals surface area contributed by atoms with E-state index in [1.54, 1.807) is 42.6 Å². The monoisotopic (exact) mass is 469 g/mol. The molecular formula is C26H23N5O4. The molecule has 0 saturated carbocycles. The molecule has 9 nitrogen and oxygen atoms in total. The zero-order valence-corrected chi connectivity index (χ0v) is 19.0. The molecule has 2 amide bonds. The van der Waals surface area contributed by atoms with Gasteiger partial charge in [-0.2, -0.15) is 0 Å². The van der Waals surface area contributed by atoms with Gasteiger partial charge in [-0.05, 0) is 47.5 Å². The van der Waals surface area contributed by atoms with E-state index in [0.29, 0.717) is 23.9 Å². The number of nitrogens with one attached hydrogen (secondary N) is 2. The summed E-state index contributed by atoms with van der Waals surface area (Å²) >= 11 is 0. The van der Waals surface area contributed by atoms with E-state index in [9.17, 15) is 9.59 Å². The van der Waals surface area contributed by atoms with Crippen LogP contribution >= 0.6 is 0 Å². The predicted molar refractivity (Wildman–Crippen MR) is 129 cm³/mol. The molecule has 176 valence electrons. The van der Waals surface area contributed by atoms with Crippen LogP contribution in [0, 0.1) is 0 Å². The Bertz CT molecular complexity index is 1310. The van der Waals surface area contributed by atoms with Gasteiger partial charge < -0.3 is 20.1 Å². The number of aromatic nitrogens is 3. The van der Waals surface area contributed by atoms with Crippen LogP contribution in [-0.2, 0) is 13.2 Å². The van der Waals surface area contributed by atoms with E-state index in [0.717, 1.165) is 11.1 Å². The van der Waals surface area contributed by atoms with Crippen LogP contribution in [0.15, 0.2) is 85.3 Å². The molecule has 9 heteroatoms. The number of hydrogen-bond acceptors (Lipinski definition) is 7. The van der Waals surface area contributed by atoms with Gasteiger partial charge in [0.15, 0.2) is 17.1 Å². The number of rotatable bonds is 9. The van der Waals surface area contributed by atoms with Crippen LogP contribution < -0.4 is 20.1 Å². The van der Waals surface area contributed by atoms with Crippen LogP contribution in [0.3, 0.4) is 0 Å². The van der Waals surface area contributed by atoms with Crippen molar-refractivity contribution in [2.24, 2.45) is 0 Å². The molecule has 4 rings (SSSR count). The Morgan fingerprint density at radius 2 is 1.49 bits per heavy atom. The summed E-state index contributed by atoms with van der Waals surface area (Å²) in [6.07, 6.45) is 4.59. The molecule has 2 N–H and O–H groups in total. The minimum Gasteiger partial charge on any atom is -0.494 e. The summed E-state index contributed by atoms with van der Waals surface area (Å²) in [7, 11) is 1.48. The van der Waals surface area contributed by atoms with E-state index in [4.69, 9.17) is 9.47 Å². The van der Waals surface area contributed by atoms with Gasteiger partial charge in [0.25, 0.3) is 11.8 Å². The second-order valence-electron chi connectivity index (χ2n) is 7.36. The molecule has 3 aromatic heterocycles. The molecule has 0 atom stereocenters. The number of ether oxygens (including phenoxy) is 2. The number of amides is 2. The highest BCUT2D eigenvalue weighted by atomic mass is 16.5. The largest absolute Gasteiger partial charge is 0.494 e. The standard InChI is InChI=1S/C26H23N5O4/c1-34-20-9-5-12-28-23(20)25(32)30-16-19-11-14-27-22(15-19)31-26(33)24-21(10-6-13-29-24)35-17-18-7-3-2-4-8-18/h2-15H,16-17H2,1H3,(H,30,32)(H,27,31,33). The molecule has 1 aromatic carbocycles. The molecule has 0 radical (unpaired) electrons. The van der Waals surface area contributed by atoms with Crippen molar-refractivity contribution in [1.29, 1.82) is 0 Å². The van der Waals surface area contributed by atoms with E-state index < -0.39 is 5.91 Å². The maximum atomic E-state index is 12.9. The van der Waals surface area contributed by atoms with E-state index in [-0.39, 0.29) is 23.8 Å². The molecule has 0 aliphatic carbocycles. The SMILES string of the molecule is COc1cccnc1C(=O)NCc1ccnc(NC(=O)c2ncccc2OCc2ccccc2)c1. The highest BCUT2D eigenvalue weighted by molar-refractivity contribution is 6.04. The number of carbonyl (C=O) groups excluding carboxylic acids is 2. The normalized spacial score (nSPS) is 10.3. The molecule has 4 aromatic rings. The van der Waals surface area contributed by atoms with Crippen molar-refractivity contribution in [2.45, 2.75) is 13.2 Å². The Kier molecular flexibility index (Phi) is 7.59. The molecule has 0 bridgehead atoms. The molecule has 35 heavy (non-hydrogen) atoms. The molecule has 0 fully saturated rings. The molecule has 0 aliphatic rings. The first-order valence-corrected chi connectivity index (χ1v) is 10.8. The smallest absolute Gasteiger partial charge is 0.279 e. The van der Waals surface area contributed by atoms with Crippen molar-refractivity contribution < 1.29 is 19.1 Å². The third-order valence-electron chi connectivity index (χ3n) is 4.95. The minimum absolute atomic E-state index is 0.145. The third-order valence-corrected chi connectivity index (χ3v) is 4.95. The zero-order chi connectivity index (χ0) is 24.5. The number of carbonyl (C=O) groups is 2. The lowest BCUT2D eigenvalue weighted by Gasteiger charge is -2.11. The second kappa shape index (κ2) is 11.4. The number of hydrogen-bond donors (Lipinski definition) is 2. The summed E-state index contributed by atoms with van der Waals surface area (Å²) in [5.41, 5.74) is 2.05. The topological polar surface area (TPSA) is 115 Å². The van der Waals surface area contributed by atoms with E-state index >= 15 is 0 Å². The molecule has 0 saturated heterocycles. The number of pyridine rings is 3. The number of benzene rings is 1. The van der Waals surface area contributed by atoms with Crippen molar-refractivity contribution in [2.75, 3.05) is 12.4 Å². The first-order valence-electron chi connectivity index (χ1n) is 10.8. The average Bonchev–Trinajstić information content (AvgIpc) is 2.91. The Hall–Kier alpha value is -4.79. The molecule has 0 unspecified atom stereocenters. The van der Waals surface area contributed by atoms with Gasteiger partial charge in [0, 0.05) is 25.1 Å². The molecule has 0 aliphatic heterocycles. The maximum absolute atomic E-state index is 12.9. The van der Waals surface area contributed by atoms with Crippen LogP contribution in [0.2, 0.25) is 0 Å². The Morgan fingerprint density at radius 3 is 2.23 bits per heavy atom. The summed E-state index contributed by atoms with van der Waals surface area (Å²) < 4.78 is 11.0. The Labute approximate surface area is 202 Å². The summed E-state index contributed by atoms with van der Waals surface area (Å²) in [5, 5.41) is 5.53. The van der Waals surface area contributed by atoms with Crippen molar-refractivity contribution in [3.63, 3.8) is 0 Å². The van der Waals surface area contributed by atoms with Gasteiger partial charge in [0.1, 0.15) is 18.2 Å². The molecule has 0 spiro atoms. The summed E-state index contributed by atoms with van der Waals surface area (Å²) in [6, 6.07) is 19.8. The summed E-state index contributed by atoms with van der Waals surface area (Å²) in [4.78, 5) is 37.8. The highest BCUT2D eigenvalue weighted by Crippen LogP contribution is 2.19. The summed E-state index contributed by atoms with van der Waals surface area (Å²) in [6.45, 7) is 0.514. The lowest BCUT2D eigenvalue weighted by Crippen LogP contribution is -2.24. The quantitative estimate of drug-likeness (QED) is 0.384. The Morgan fingerprint density at radius 1 is 0.771 bits per heavy atom. The second-order valence-corrected chi connectivity index (χ2v) is 7.36. The van der Waals surface area contributed by atoms with Gasteiger partial charge in [-0.3, -0.25) is 9.59 Å². The number of methoxy groups -OCH3 is 1. The lowest BCUT2D eigenvalue weighted by atomic mass is 10.2. The van der Waals surface area contributed by atoms with Gasteiger partial charge in [0.2, 0.25) is 0 Å². The fourth-order valence-electron chi connectivity index (χ4n) is 3.23. The van der Waals surface area contributed by atoms with Crippen LogP contribution in [0.4, 0.5) is 5.82 Å². The zero-order valence-electron chi connectivity index (χ0n) is 19.0. The number of anilines is 1. The van der Waals surface area contributed by atoms with Gasteiger partial charge >= 0.3 is 0 Å². The van der Waals surface area contributed by atoms with Gasteiger partial charge in [0.05, 0.1) is 7.11 Å². The van der Waals surface area contributed by atoms with E-state index in [1.165, 1.54) is 19.5 Å². The fraction of sp³-hybridized carbons (Fsp3) is 0.115. The van der Waals surface area contributed by atoms with Crippen molar-refractivity contribution >= 4 is 17.6 Å².